The van der Waals surface area contributed by atoms with Crippen molar-refractivity contribution >= 4 is 5.91 Å². The number of benzene rings is 2. The maximum Gasteiger partial charge on any atom is 0.417 e. The number of carbonyl (C=O) groups excluding carboxylic acids is 1. The molecule has 0 spiro atoms. The third-order valence-electron chi connectivity index (χ3n) is 3.56. The van der Waals surface area contributed by atoms with E-state index >= 15 is 0 Å². The second-order valence-electron chi connectivity index (χ2n) is 5.44. The molecule has 2 aromatic carbocycles. The Hall–Kier alpha value is -2.30. The molecule has 0 aliphatic carbocycles. The molecule has 0 radical (unpaired) electrons. The van der Waals surface area contributed by atoms with Gasteiger partial charge in [0.25, 0.3) is 5.91 Å². The third kappa shape index (κ3) is 4.84. The molecule has 2 rings (SSSR count). The Morgan fingerprint density at radius 2 is 1.65 bits per heavy atom. The largest absolute Gasteiger partial charge is 0.417 e. The summed E-state index contributed by atoms with van der Waals surface area (Å²) in [6.07, 6.45) is -3.13. The number of carbonyl (C=O) groups is 1. The van der Waals surface area contributed by atoms with Gasteiger partial charge in [-0.15, -0.1) is 0 Å². The second-order valence-corrected chi connectivity index (χ2v) is 5.44. The van der Waals surface area contributed by atoms with Crippen LogP contribution in [0.1, 0.15) is 34.8 Å². The summed E-state index contributed by atoms with van der Waals surface area (Å²) in [6.45, 7) is 1.79. The molecule has 0 unspecified atom stereocenters. The highest BCUT2D eigenvalue weighted by atomic mass is 19.4. The number of rotatable bonds is 5. The zero-order valence-electron chi connectivity index (χ0n) is 12.7. The quantitative estimate of drug-likeness (QED) is 0.866. The average molecular weight is 321 g/mol. The van der Waals surface area contributed by atoms with Crippen molar-refractivity contribution < 1.29 is 18.0 Å². The summed E-state index contributed by atoms with van der Waals surface area (Å²) in [6, 6.07) is 14.3. The van der Waals surface area contributed by atoms with Gasteiger partial charge in [-0.1, -0.05) is 42.5 Å². The van der Waals surface area contributed by atoms with E-state index in [-0.39, 0.29) is 11.6 Å². The minimum atomic E-state index is -4.54. The molecular weight excluding hydrogens is 303 g/mol. The highest BCUT2D eigenvalue weighted by Gasteiger charge is 2.34. The zero-order chi connectivity index (χ0) is 16.9. The van der Waals surface area contributed by atoms with E-state index in [1.54, 1.807) is 6.92 Å². The van der Waals surface area contributed by atoms with Crippen LogP contribution >= 0.6 is 0 Å². The Bertz CT molecular complexity index is 653. The van der Waals surface area contributed by atoms with Crippen LogP contribution < -0.4 is 5.32 Å². The second kappa shape index (κ2) is 7.31. The predicted octanol–water partition coefficient (Wildman–Crippen LogP) is 4.46. The Balaban J connectivity index is 1.99. The first-order chi connectivity index (χ1) is 10.9. The molecule has 2 nitrogen and oxygen atoms in total. The van der Waals surface area contributed by atoms with Gasteiger partial charge in [0.15, 0.2) is 0 Å². The van der Waals surface area contributed by atoms with Crippen molar-refractivity contribution in [2.24, 2.45) is 0 Å². The lowest BCUT2D eigenvalue weighted by atomic mass is 10.0. The first-order valence-corrected chi connectivity index (χ1v) is 7.39. The van der Waals surface area contributed by atoms with Crippen LogP contribution in [0.3, 0.4) is 0 Å². The summed E-state index contributed by atoms with van der Waals surface area (Å²) in [5.74, 6) is -0.696. The maximum atomic E-state index is 12.9. The summed E-state index contributed by atoms with van der Waals surface area (Å²) < 4.78 is 38.8. The monoisotopic (exact) mass is 321 g/mol. The van der Waals surface area contributed by atoms with Gasteiger partial charge in [0.1, 0.15) is 0 Å². The molecular formula is C18H18F3NO. The third-order valence-corrected chi connectivity index (χ3v) is 3.56. The Morgan fingerprint density at radius 3 is 2.30 bits per heavy atom. The molecule has 0 aromatic heterocycles. The van der Waals surface area contributed by atoms with Crippen LogP contribution in [0, 0.1) is 0 Å². The van der Waals surface area contributed by atoms with E-state index in [1.165, 1.54) is 18.2 Å². The van der Waals surface area contributed by atoms with Crippen molar-refractivity contribution in [1.29, 1.82) is 0 Å². The number of amides is 1. The van der Waals surface area contributed by atoms with Gasteiger partial charge in [0, 0.05) is 6.04 Å². The SMILES string of the molecule is C[C@@H](CCc1ccccc1)NC(=O)c1ccccc1C(F)(F)F. The normalized spacial score (nSPS) is 12.7. The minimum Gasteiger partial charge on any atom is -0.350 e. The molecule has 0 aliphatic rings. The Labute approximate surface area is 133 Å². The van der Waals surface area contributed by atoms with Gasteiger partial charge in [0.2, 0.25) is 0 Å². The molecule has 1 atom stereocenters. The molecule has 5 heteroatoms. The lowest BCUT2D eigenvalue weighted by molar-refractivity contribution is -0.137. The van der Waals surface area contributed by atoms with Crippen molar-refractivity contribution in [2.45, 2.75) is 32.0 Å². The van der Waals surface area contributed by atoms with Crippen LogP contribution in [0.2, 0.25) is 0 Å². The number of hydrogen-bond donors (Lipinski definition) is 1. The van der Waals surface area contributed by atoms with Crippen LogP contribution in [0.15, 0.2) is 54.6 Å². The average Bonchev–Trinajstić information content (AvgIpc) is 2.53. The molecule has 0 fully saturated rings. The van der Waals surface area contributed by atoms with E-state index in [2.05, 4.69) is 5.32 Å². The maximum absolute atomic E-state index is 12.9. The van der Waals surface area contributed by atoms with E-state index < -0.39 is 17.6 Å². The summed E-state index contributed by atoms with van der Waals surface area (Å²) >= 11 is 0. The van der Waals surface area contributed by atoms with Gasteiger partial charge in [-0.2, -0.15) is 13.2 Å². The van der Waals surface area contributed by atoms with Crippen molar-refractivity contribution in [3.05, 3.63) is 71.3 Å². The number of halogens is 3. The van der Waals surface area contributed by atoms with Gasteiger partial charge >= 0.3 is 6.18 Å². The highest BCUT2D eigenvalue weighted by Crippen LogP contribution is 2.31. The minimum absolute atomic E-state index is 0.219. The molecule has 0 aliphatic heterocycles. The van der Waals surface area contributed by atoms with Crippen molar-refractivity contribution in [3.8, 4) is 0 Å². The summed E-state index contributed by atoms with van der Waals surface area (Å²) in [5, 5.41) is 2.64. The smallest absolute Gasteiger partial charge is 0.350 e. The first-order valence-electron chi connectivity index (χ1n) is 7.39. The number of nitrogens with one attached hydrogen (secondary N) is 1. The van der Waals surface area contributed by atoms with E-state index in [4.69, 9.17) is 0 Å². The van der Waals surface area contributed by atoms with E-state index in [0.717, 1.165) is 18.1 Å². The molecule has 0 saturated heterocycles. The standard InChI is InChI=1S/C18H18F3NO/c1-13(11-12-14-7-3-2-4-8-14)22-17(23)15-9-5-6-10-16(15)18(19,20)21/h2-10,13H,11-12H2,1H3,(H,22,23)/t13-/m0/s1. The fraction of sp³-hybridized carbons (Fsp3) is 0.278. The van der Waals surface area contributed by atoms with Gasteiger partial charge in [-0.05, 0) is 37.5 Å². The molecule has 0 heterocycles. The van der Waals surface area contributed by atoms with Gasteiger partial charge in [-0.25, -0.2) is 0 Å². The Morgan fingerprint density at radius 1 is 1.04 bits per heavy atom. The van der Waals surface area contributed by atoms with Gasteiger partial charge in [-0.3, -0.25) is 4.79 Å². The first kappa shape index (κ1) is 17.1. The Kier molecular flexibility index (Phi) is 5.42. The fourth-order valence-electron chi connectivity index (χ4n) is 2.33. The van der Waals surface area contributed by atoms with E-state index in [0.29, 0.717) is 6.42 Å². The molecule has 2 aromatic rings. The van der Waals surface area contributed by atoms with Crippen LogP contribution in [0.4, 0.5) is 13.2 Å². The van der Waals surface area contributed by atoms with E-state index in [1.807, 2.05) is 30.3 Å². The van der Waals surface area contributed by atoms with Crippen LogP contribution in [0.5, 0.6) is 0 Å². The molecule has 23 heavy (non-hydrogen) atoms. The van der Waals surface area contributed by atoms with Crippen molar-refractivity contribution in [1.82, 2.24) is 5.32 Å². The van der Waals surface area contributed by atoms with Crippen molar-refractivity contribution in [3.63, 3.8) is 0 Å². The number of aryl methyl sites for hydroxylation is 1. The summed E-state index contributed by atoms with van der Waals surface area (Å²) in [5.41, 5.74) is -0.122. The molecule has 1 amide bonds. The summed E-state index contributed by atoms with van der Waals surface area (Å²) in [7, 11) is 0. The van der Waals surface area contributed by atoms with Gasteiger partial charge < -0.3 is 5.32 Å². The number of hydrogen-bond acceptors (Lipinski definition) is 1. The zero-order valence-corrected chi connectivity index (χ0v) is 12.7. The summed E-state index contributed by atoms with van der Waals surface area (Å²) in [4.78, 5) is 12.1. The van der Waals surface area contributed by atoms with Gasteiger partial charge in [0.05, 0.1) is 11.1 Å². The van der Waals surface area contributed by atoms with E-state index in [9.17, 15) is 18.0 Å². The number of alkyl halides is 3. The molecule has 122 valence electrons. The lowest BCUT2D eigenvalue weighted by Gasteiger charge is -2.16. The molecule has 0 saturated carbocycles. The van der Waals surface area contributed by atoms with Crippen LogP contribution in [-0.2, 0) is 12.6 Å². The highest BCUT2D eigenvalue weighted by molar-refractivity contribution is 5.96. The van der Waals surface area contributed by atoms with Crippen molar-refractivity contribution in [2.75, 3.05) is 0 Å². The fourth-order valence-corrected chi connectivity index (χ4v) is 2.33. The molecule has 1 N–H and O–H groups in total. The lowest BCUT2D eigenvalue weighted by Crippen LogP contribution is -2.34. The topological polar surface area (TPSA) is 29.1 Å². The van der Waals surface area contributed by atoms with Crippen LogP contribution in [-0.4, -0.2) is 11.9 Å². The molecule has 0 bridgehead atoms. The predicted molar refractivity (Wildman–Crippen MR) is 83.1 cm³/mol. The van der Waals surface area contributed by atoms with Crippen LogP contribution in [0.25, 0.3) is 0 Å².